The van der Waals surface area contributed by atoms with E-state index in [9.17, 15) is 9.69 Å². The first-order chi connectivity index (χ1) is 14.2. The predicted octanol–water partition coefficient (Wildman–Crippen LogP) is 5.59. The van der Waals surface area contributed by atoms with Crippen molar-refractivity contribution in [3.8, 4) is 0 Å². The average molecular weight is 413 g/mol. The van der Waals surface area contributed by atoms with Crippen LogP contribution in [0.3, 0.4) is 0 Å². The molecule has 1 saturated heterocycles. The van der Waals surface area contributed by atoms with Crippen molar-refractivity contribution in [2.24, 2.45) is 0 Å². The summed E-state index contributed by atoms with van der Waals surface area (Å²) >= 11 is 0. The molecule has 3 rings (SSSR count). The molecule has 1 unspecified atom stereocenters. The van der Waals surface area contributed by atoms with Crippen molar-refractivity contribution in [1.82, 2.24) is 0 Å². The Kier molecular flexibility index (Phi) is 7.85. The van der Waals surface area contributed by atoms with E-state index in [0.29, 0.717) is 6.42 Å². The zero-order chi connectivity index (χ0) is 20.5. The van der Waals surface area contributed by atoms with Crippen molar-refractivity contribution in [2.45, 2.75) is 44.7 Å². The van der Waals surface area contributed by atoms with Crippen LogP contribution in [0.25, 0.3) is 0 Å². The van der Waals surface area contributed by atoms with Gasteiger partial charge in [-0.2, -0.15) is 0 Å². The fourth-order valence-electron chi connectivity index (χ4n) is 4.17. The molecular formula is C24H33N2O2P. The minimum absolute atomic E-state index is 0.190. The summed E-state index contributed by atoms with van der Waals surface area (Å²) in [5, 5.41) is 0. The van der Waals surface area contributed by atoms with Gasteiger partial charge in [-0.15, -0.1) is 0 Å². The van der Waals surface area contributed by atoms with Gasteiger partial charge in [0.25, 0.3) is 0 Å². The van der Waals surface area contributed by atoms with Crippen molar-refractivity contribution in [3.63, 3.8) is 0 Å². The quantitative estimate of drug-likeness (QED) is 0.239. The summed E-state index contributed by atoms with van der Waals surface area (Å²) in [6.07, 6.45) is 10.1. The number of aldehydes is 1. The molecule has 2 aromatic carbocycles. The number of anilines is 2. The van der Waals surface area contributed by atoms with E-state index in [4.69, 9.17) is 0 Å². The van der Waals surface area contributed by atoms with E-state index in [1.54, 1.807) is 0 Å². The first-order valence-electron chi connectivity index (χ1n) is 10.7. The zero-order valence-corrected chi connectivity index (χ0v) is 18.3. The number of para-hydroxylation sites is 2. The van der Waals surface area contributed by atoms with Crippen LogP contribution in [-0.2, 0) is 4.79 Å². The van der Waals surface area contributed by atoms with Crippen LogP contribution in [0.4, 0.5) is 11.4 Å². The Bertz CT molecular complexity index is 734. The van der Waals surface area contributed by atoms with Gasteiger partial charge >= 0.3 is 175 Å². The monoisotopic (exact) mass is 412 g/mol. The van der Waals surface area contributed by atoms with Crippen LogP contribution < -0.4 is 9.34 Å². The predicted molar refractivity (Wildman–Crippen MR) is 126 cm³/mol. The van der Waals surface area contributed by atoms with Gasteiger partial charge in [0.2, 0.25) is 0 Å². The van der Waals surface area contributed by atoms with Gasteiger partial charge in [-0.3, -0.25) is 0 Å². The molecule has 0 bridgehead atoms. The van der Waals surface area contributed by atoms with Gasteiger partial charge in [0.05, 0.1) is 0 Å². The normalized spacial score (nSPS) is 18.1. The van der Waals surface area contributed by atoms with E-state index < -0.39 is 7.79 Å². The Morgan fingerprint density at radius 2 is 1.52 bits per heavy atom. The second-order valence-corrected chi connectivity index (χ2v) is 10.8. The molecule has 156 valence electrons. The van der Waals surface area contributed by atoms with Crippen LogP contribution in [-0.4, -0.2) is 29.9 Å². The van der Waals surface area contributed by atoms with E-state index in [2.05, 4.69) is 52.7 Å². The summed E-state index contributed by atoms with van der Waals surface area (Å²) in [7, 11) is -3.20. The minimum atomic E-state index is -3.20. The molecule has 1 aliphatic heterocycles. The van der Waals surface area contributed by atoms with Gasteiger partial charge in [-0.05, 0) is 0 Å². The molecular weight excluding hydrogens is 379 g/mol. The number of hydrogen-bond donors (Lipinski definition) is 1. The molecule has 0 amide bonds. The standard InChI is InChI=1S/C24H33N2O2P/c1-2-3-4-5-12-17-24(18-21-27)29(28)25(22-13-8-6-9-14-22)19-20-26(29)23-15-10-7-11-16-23/h6-17,21,24,28-29H,2-5,18-20H2,1H3/b17-12+. The Hall–Kier alpha value is -2.16. The van der Waals surface area contributed by atoms with E-state index in [0.717, 1.165) is 43.6 Å². The number of hydrogen-bond acceptors (Lipinski definition) is 4. The fraction of sp³-hybridized carbons (Fsp3) is 0.375. The van der Waals surface area contributed by atoms with Crippen molar-refractivity contribution in [1.29, 1.82) is 0 Å². The number of carbonyl (C=O) groups is 1. The SMILES string of the molecule is CCCCC/C=C/C(CC=O)[PH]1(O)N(c2ccccc2)CCN1c1ccccc1. The molecule has 0 saturated carbocycles. The molecule has 1 atom stereocenters. The number of carbonyl (C=O) groups excluding carboxylic acids is 1. The number of rotatable bonds is 10. The van der Waals surface area contributed by atoms with Crippen LogP contribution in [0.1, 0.15) is 39.0 Å². The first kappa shape index (κ1) is 21.5. The average Bonchev–Trinajstić information content (AvgIpc) is 3.12. The summed E-state index contributed by atoms with van der Waals surface area (Å²) in [5.74, 6) is 0. The third kappa shape index (κ3) is 4.88. The molecule has 4 nitrogen and oxygen atoms in total. The van der Waals surface area contributed by atoms with Crippen LogP contribution in [0.2, 0.25) is 0 Å². The number of allylic oxidation sites excluding steroid dienone is 2. The van der Waals surface area contributed by atoms with Gasteiger partial charge in [-0.1, -0.05) is 0 Å². The summed E-state index contributed by atoms with van der Waals surface area (Å²) < 4.78 is 4.34. The molecule has 5 heteroatoms. The van der Waals surface area contributed by atoms with E-state index in [1.165, 1.54) is 12.8 Å². The third-order valence-corrected chi connectivity index (χ3v) is 9.64. The fourth-order valence-corrected chi connectivity index (χ4v) is 7.99. The Labute approximate surface area is 175 Å². The molecule has 1 N–H and O–H groups in total. The Balaban J connectivity index is 1.97. The topological polar surface area (TPSA) is 43.8 Å². The van der Waals surface area contributed by atoms with Crippen LogP contribution in [0.15, 0.2) is 72.8 Å². The number of unbranched alkanes of at least 4 members (excludes halogenated alkanes) is 3. The van der Waals surface area contributed by atoms with Gasteiger partial charge in [0.1, 0.15) is 0 Å². The van der Waals surface area contributed by atoms with Crippen LogP contribution in [0.5, 0.6) is 0 Å². The van der Waals surface area contributed by atoms with Gasteiger partial charge < -0.3 is 0 Å². The van der Waals surface area contributed by atoms with Crippen LogP contribution in [0, 0.1) is 0 Å². The first-order valence-corrected chi connectivity index (χ1v) is 12.6. The summed E-state index contributed by atoms with van der Waals surface area (Å²) in [6.45, 7) is 3.70. The van der Waals surface area contributed by atoms with Crippen molar-refractivity contribution < 1.29 is 9.69 Å². The Morgan fingerprint density at radius 1 is 0.966 bits per heavy atom. The zero-order valence-electron chi connectivity index (χ0n) is 17.3. The number of benzene rings is 2. The molecule has 0 aliphatic carbocycles. The molecule has 1 heterocycles. The molecule has 0 aromatic heterocycles. The van der Waals surface area contributed by atoms with E-state index in [-0.39, 0.29) is 5.66 Å². The molecule has 2 aromatic rings. The second-order valence-electron chi connectivity index (χ2n) is 7.59. The van der Waals surface area contributed by atoms with Crippen molar-refractivity contribution in [3.05, 3.63) is 72.8 Å². The molecule has 1 fully saturated rings. The third-order valence-electron chi connectivity index (χ3n) is 5.67. The van der Waals surface area contributed by atoms with Crippen molar-refractivity contribution in [2.75, 3.05) is 22.4 Å². The summed E-state index contributed by atoms with van der Waals surface area (Å²) in [4.78, 5) is 23.9. The van der Waals surface area contributed by atoms with Gasteiger partial charge in [0, 0.05) is 0 Å². The molecule has 0 radical (unpaired) electrons. The second kappa shape index (κ2) is 10.6. The number of nitrogens with zero attached hydrogens (tertiary/aromatic N) is 2. The van der Waals surface area contributed by atoms with Crippen molar-refractivity contribution >= 4 is 25.5 Å². The maximum atomic E-state index is 12.3. The van der Waals surface area contributed by atoms with Gasteiger partial charge in [-0.25, -0.2) is 0 Å². The maximum absolute atomic E-state index is 12.3. The van der Waals surface area contributed by atoms with E-state index in [1.807, 2.05) is 36.4 Å². The van der Waals surface area contributed by atoms with E-state index >= 15 is 0 Å². The Morgan fingerprint density at radius 3 is 2.00 bits per heavy atom. The molecule has 1 aliphatic rings. The summed E-state index contributed by atoms with van der Waals surface area (Å²) in [6, 6.07) is 20.2. The van der Waals surface area contributed by atoms with Crippen LogP contribution >= 0.6 is 7.79 Å². The van der Waals surface area contributed by atoms with Gasteiger partial charge in [0.15, 0.2) is 0 Å². The molecule has 29 heavy (non-hydrogen) atoms. The molecule has 0 spiro atoms. The summed E-state index contributed by atoms with van der Waals surface area (Å²) in [5.41, 5.74) is 1.86.